The third-order valence-electron chi connectivity index (χ3n) is 3.54. The standard InChI is InChI=1S/C18H16N2O7S/c1-26-17(22)11-3-6-13(7-4-11)19-16(21)10-27-18(23)12-5-8-15(28-2)14(9-12)20(24)25/h3-9H,10H2,1-2H3,(H,19,21). The summed E-state index contributed by atoms with van der Waals surface area (Å²) < 4.78 is 9.47. The van der Waals surface area contributed by atoms with Crippen LogP contribution in [-0.2, 0) is 14.3 Å². The molecule has 2 aromatic rings. The molecule has 0 saturated heterocycles. The van der Waals surface area contributed by atoms with E-state index in [9.17, 15) is 24.5 Å². The zero-order valence-corrected chi connectivity index (χ0v) is 15.8. The Balaban J connectivity index is 1.95. The van der Waals surface area contributed by atoms with Crippen LogP contribution in [0.15, 0.2) is 47.4 Å². The number of nitrogens with one attached hydrogen (secondary N) is 1. The molecule has 9 nitrogen and oxygen atoms in total. The lowest BCUT2D eigenvalue weighted by Gasteiger charge is -2.08. The summed E-state index contributed by atoms with van der Waals surface area (Å²) in [6.45, 7) is -0.574. The third kappa shape index (κ3) is 5.30. The Morgan fingerprint density at radius 2 is 1.71 bits per heavy atom. The first-order valence-electron chi connectivity index (χ1n) is 7.83. The van der Waals surface area contributed by atoms with Gasteiger partial charge in [0.25, 0.3) is 11.6 Å². The zero-order chi connectivity index (χ0) is 20.7. The summed E-state index contributed by atoms with van der Waals surface area (Å²) in [7, 11) is 1.26. The van der Waals surface area contributed by atoms with E-state index in [0.29, 0.717) is 16.1 Å². The lowest BCUT2D eigenvalue weighted by Crippen LogP contribution is -2.21. The van der Waals surface area contributed by atoms with Crippen LogP contribution in [0.3, 0.4) is 0 Å². The summed E-state index contributed by atoms with van der Waals surface area (Å²) in [5.41, 5.74) is 0.479. The fraction of sp³-hybridized carbons (Fsp3) is 0.167. The average molecular weight is 404 g/mol. The lowest BCUT2D eigenvalue weighted by molar-refractivity contribution is -0.387. The Hall–Kier alpha value is -3.40. The molecule has 0 saturated carbocycles. The number of esters is 2. The predicted octanol–water partition coefficient (Wildman–Crippen LogP) is 2.90. The molecule has 10 heteroatoms. The highest BCUT2D eigenvalue weighted by Crippen LogP contribution is 2.28. The third-order valence-corrected chi connectivity index (χ3v) is 4.32. The molecule has 146 valence electrons. The predicted molar refractivity (Wildman–Crippen MR) is 102 cm³/mol. The summed E-state index contributed by atoms with van der Waals surface area (Å²) in [6.07, 6.45) is 1.68. The van der Waals surface area contributed by atoms with E-state index in [1.54, 1.807) is 6.26 Å². The Morgan fingerprint density at radius 1 is 1.07 bits per heavy atom. The first-order valence-corrected chi connectivity index (χ1v) is 9.06. The minimum Gasteiger partial charge on any atom is -0.465 e. The van der Waals surface area contributed by atoms with E-state index < -0.39 is 29.4 Å². The van der Waals surface area contributed by atoms with Gasteiger partial charge < -0.3 is 14.8 Å². The zero-order valence-electron chi connectivity index (χ0n) is 15.0. The smallest absolute Gasteiger partial charge is 0.338 e. The van der Waals surface area contributed by atoms with Gasteiger partial charge in [-0.15, -0.1) is 11.8 Å². The molecule has 0 atom stereocenters. The van der Waals surface area contributed by atoms with Crippen molar-refractivity contribution in [1.29, 1.82) is 0 Å². The first-order chi connectivity index (χ1) is 13.3. The van der Waals surface area contributed by atoms with Crippen molar-refractivity contribution < 1.29 is 28.8 Å². The van der Waals surface area contributed by atoms with Crippen molar-refractivity contribution in [3.63, 3.8) is 0 Å². The molecule has 0 aromatic heterocycles. The number of benzene rings is 2. The Bertz CT molecular complexity index is 913. The molecule has 2 aromatic carbocycles. The molecule has 0 aliphatic heterocycles. The van der Waals surface area contributed by atoms with Crippen molar-refractivity contribution in [3.05, 3.63) is 63.7 Å². The molecule has 0 heterocycles. The second-order valence-electron chi connectivity index (χ2n) is 5.34. The number of methoxy groups -OCH3 is 1. The number of carbonyl (C=O) groups excluding carboxylic acids is 3. The maximum Gasteiger partial charge on any atom is 0.338 e. The molecule has 1 amide bonds. The van der Waals surface area contributed by atoms with Gasteiger partial charge in [-0.2, -0.15) is 0 Å². The fourth-order valence-electron chi connectivity index (χ4n) is 2.18. The van der Waals surface area contributed by atoms with Crippen LogP contribution < -0.4 is 5.32 Å². The van der Waals surface area contributed by atoms with E-state index in [-0.39, 0.29) is 11.3 Å². The molecular weight excluding hydrogens is 388 g/mol. The molecule has 0 radical (unpaired) electrons. The number of ether oxygens (including phenoxy) is 2. The quantitative estimate of drug-likeness (QED) is 0.323. The van der Waals surface area contributed by atoms with Crippen molar-refractivity contribution in [3.8, 4) is 0 Å². The number of thioether (sulfide) groups is 1. The number of anilines is 1. The van der Waals surface area contributed by atoms with Gasteiger partial charge in [-0.1, -0.05) is 0 Å². The molecule has 0 unspecified atom stereocenters. The highest BCUT2D eigenvalue weighted by atomic mass is 32.2. The Kier molecular flexibility index (Phi) is 7.10. The van der Waals surface area contributed by atoms with Crippen molar-refractivity contribution >= 4 is 41.0 Å². The van der Waals surface area contributed by atoms with Crippen LogP contribution in [0.1, 0.15) is 20.7 Å². The number of carbonyl (C=O) groups is 3. The number of nitro benzene ring substituents is 1. The van der Waals surface area contributed by atoms with Gasteiger partial charge in [0.05, 0.1) is 28.1 Å². The van der Waals surface area contributed by atoms with Gasteiger partial charge in [-0.25, -0.2) is 9.59 Å². The van der Waals surface area contributed by atoms with E-state index in [2.05, 4.69) is 10.1 Å². The molecule has 0 aliphatic carbocycles. The normalized spacial score (nSPS) is 10.1. The minimum absolute atomic E-state index is 0.0280. The summed E-state index contributed by atoms with van der Waals surface area (Å²) in [5.74, 6) is -1.96. The van der Waals surface area contributed by atoms with Crippen LogP contribution in [0.25, 0.3) is 0 Å². The monoisotopic (exact) mass is 404 g/mol. The van der Waals surface area contributed by atoms with Gasteiger partial charge in [0.15, 0.2) is 6.61 Å². The summed E-state index contributed by atoms with van der Waals surface area (Å²) in [6, 6.07) is 9.89. The molecule has 0 bridgehead atoms. The summed E-state index contributed by atoms with van der Waals surface area (Å²) in [4.78, 5) is 46.2. The summed E-state index contributed by atoms with van der Waals surface area (Å²) >= 11 is 1.18. The first kappa shape index (κ1) is 20.9. The number of hydrogen-bond donors (Lipinski definition) is 1. The molecule has 0 aliphatic rings. The highest BCUT2D eigenvalue weighted by molar-refractivity contribution is 7.98. The number of hydrogen-bond acceptors (Lipinski definition) is 8. The van der Waals surface area contributed by atoms with Gasteiger partial charge in [0, 0.05) is 11.8 Å². The Morgan fingerprint density at radius 3 is 2.29 bits per heavy atom. The number of amides is 1. The molecule has 28 heavy (non-hydrogen) atoms. The van der Waals surface area contributed by atoms with Crippen LogP contribution in [0, 0.1) is 10.1 Å². The maximum absolute atomic E-state index is 12.0. The lowest BCUT2D eigenvalue weighted by atomic mass is 10.2. The van der Waals surface area contributed by atoms with E-state index in [1.807, 2.05) is 0 Å². The maximum atomic E-state index is 12.0. The van der Waals surface area contributed by atoms with E-state index >= 15 is 0 Å². The van der Waals surface area contributed by atoms with Crippen LogP contribution in [-0.4, -0.2) is 42.7 Å². The van der Waals surface area contributed by atoms with Gasteiger partial charge in [0.1, 0.15) is 0 Å². The SMILES string of the molecule is COC(=O)c1ccc(NC(=O)COC(=O)c2ccc(SC)c([N+](=O)[O-])c2)cc1. The van der Waals surface area contributed by atoms with Crippen LogP contribution in [0.5, 0.6) is 0 Å². The van der Waals surface area contributed by atoms with Gasteiger partial charge in [-0.05, 0) is 42.7 Å². The largest absolute Gasteiger partial charge is 0.465 e. The van der Waals surface area contributed by atoms with Crippen molar-refractivity contribution in [2.75, 3.05) is 25.3 Å². The van der Waals surface area contributed by atoms with Crippen LogP contribution >= 0.6 is 11.8 Å². The fourth-order valence-corrected chi connectivity index (χ4v) is 2.73. The second kappa shape index (κ2) is 9.51. The van der Waals surface area contributed by atoms with Crippen molar-refractivity contribution in [2.24, 2.45) is 0 Å². The molecule has 1 N–H and O–H groups in total. The highest BCUT2D eigenvalue weighted by Gasteiger charge is 2.18. The Labute approximate surface area is 164 Å². The average Bonchev–Trinajstić information content (AvgIpc) is 2.71. The van der Waals surface area contributed by atoms with Crippen LogP contribution in [0.4, 0.5) is 11.4 Å². The number of nitrogens with zero attached hydrogens (tertiary/aromatic N) is 1. The molecule has 0 fully saturated rings. The molecule has 0 spiro atoms. The molecule has 2 rings (SSSR count). The van der Waals surface area contributed by atoms with Gasteiger partial charge >= 0.3 is 11.9 Å². The van der Waals surface area contributed by atoms with E-state index in [4.69, 9.17) is 4.74 Å². The van der Waals surface area contributed by atoms with Gasteiger partial charge in [-0.3, -0.25) is 14.9 Å². The van der Waals surface area contributed by atoms with Crippen molar-refractivity contribution in [1.82, 2.24) is 0 Å². The van der Waals surface area contributed by atoms with Gasteiger partial charge in [0.2, 0.25) is 0 Å². The van der Waals surface area contributed by atoms with Crippen molar-refractivity contribution in [2.45, 2.75) is 4.90 Å². The topological polar surface area (TPSA) is 125 Å². The summed E-state index contributed by atoms with van der Waals surface area (Å²) in [5, 5.41) is 13.6. The minimum atomic E-state index is -0.855. The van der Waals surface area contributed by atoms with E-state index in [1.165, 1.54) is 55.3 Å². The second-order valence-corrected chi connectivity index (χ2v) is 6.19. The number of rotatable bonds is 7. The molecular formula is C18H16N2O7S. The number of nitro groups is 1. The van der Waals surface area contributed by atoms with Crippen LogP contribution in [0.2, 0.25) is 0 Å². The van der Waals surface area contributed by atoms with E-state index in [0.717, 1.165) is 6.07 Å².